The fourth-order valence-electron chi connectivity index (χ4n) is 1.72. The fraction of sp³-hybridized carbons (Fsp3) is 0.133. The number of hydrogen-bond donors (Lipinski definition) is 0. The van der Waals surface area contributed by atoms with Gasteiger partial charge in [-0.1, -0.05) is 40.9 Å². The molecule has 0 radical (unpaired) electrons. The number of carbonyl (C=O) groups excluding carboxylic acids is 1. The van der Waals surface area contributed by atoms with Gasteiger partial charge in [-0.25, -0.2) is 4.79 Å². The Labute approximate surface area is 151 Å². The summed E-state index contributed by atoms with van der Waals surface area (Å²) >= 11 is 21.4. The minimum Gasteiger partial charge on any atom is -0.486 e. The lowest BCUT2D eigenvalue weighted by Crippen LogP contribution is -2.03. The summed E-state index contributed by atoms with van der Waals surface area (Å²) in [6, 6.07) is 8.20. The van der Waals surface area contributed by atoms with E-state index in [1.54, 1.807) is 24.3 Å². The van der Waals surface area contributed by atoms with Gasteiger partial charge in [0, 0.05) is 15.6 Å². The number of methoxy groups -OCH3 is 1. The topological polar surface area (TPSA) is 35.5 Å². The number of halogens is 4. The van der Waals surface area contributed by atoms with Gasteiger partial charge in [-0.3, -0.25) is 0 Å². The molecule has 0 aliphatic heterocycles. The van der Waals surface area contributed by atoms with Crippen molar-refractivity contribution >= 4 is 56.7 Å². The van der Waals surface area contributed by atoms with E-state index >= 15 is 0 Å². The number of ether oxygens (including phenoxy) is 2. The van der Waals surface area contributed by atoms with E-state index in [0.29, 0.717) is 30.9 Å². The van der Waals surface area contributed by atoms with Crippen LogP contribution in [0.3, 0.4) is 0 Å². The second-order valence-corrected chi connectivity index (χ2v) is 6.39. The highest BCUT2D eigenvalue weighted by molar-refractivity contribution is 9.10. The Kier molecular flexibility index (Phi) is 5.98. The molecule has 3 nitrogen and oxygen atoms in total. The molecule has 0 spiro atoms. The average Bonchev–Trinajstić information content (AvgIpc) is 2.47. The highest BCUT2D eigenvalue weighted by atomic mass is 79.9. The van der Waals surface area contributed by atoms with Crippen LogP contribution in [0, 0.1) is 0 Å². The van der Waals surface area contributed by atoms with Gasteiger partial charge in [0.25, 0.3) is 0 Å². The third-order valence-electron chi connectivity index (χ3n) is 2.81. The van der Waals surface area contributed by atoms with Crippen LogP contribution in [-0.4, -0.2) is 13.1 Å². The van der Waals surface area contributed by atoms with Crippen LogP contribution < -0.4 is 4.74 Å². The summed E-state index contributed by atoms with van der Waals surface area (Å²) in [7, 11) is 1.30. The summed E-state index contributed by atoms with van der Waals surface area (Å²) in [6.45, 7) is 0.214. The maximum absolute atomic E-state index is 11.5. The Balaban J connectivity index is 2.21. The summed E-state index contributed by atoms with van der Waals surface area (Å²) in [5, 5.41) is 1.35. The van der Waals surface area contributed by atoms with E-state index in [9.17, 15) is 4.79 Å². The van der Waals surface area contributed by atoms with Crippen LogP contribution in [-0.2, 0) is 11.3 Å². The molecular weight excluding hydrogens is 414 g/mol. The van der Waals surface area contributed by atoms with Crippen LogP contribution in [0.5, 0.6) is 5.75 Å². The number of rotatable bonds is 4. The molecule has 0 saturated carbocycles. The van der Waals surface area contributed by atoms with E-state index in [1.807, 2.05) is 0 Å². The van der Waals surface area contributed by atoms with E-state index in [0.717, 1.165) is 5.56 Å². The molecule has 0 N–H and O–H groups in total. The summed E-state index contributed by atoms with van der Waals surface area (Å²) in [6.07, 6.45) is 0. The van der Waals surface area contributed by atoms with Gasteiger partial charge in [0.2, 0.25) is 0 Å². The monoisotopic (exact) mass is 422 g/mol. The molecule has 2 aromatic carbocycles. The standard InChI is InChI=1S/C15H10BrCl3O3/c1-21-15(20)9-4-11(16)14(13(19)5-9)22-7-8-2-3-10(17)6-12(8)18/h2-6H,7H2,1H3. The van der Waals surface area contributed by atoms with Crippen molar-refractivity contribution in [3.63, 3.8) is 0 Å². The van der Waals surface area contributed by atoms with Gasteiger partial charge in [0.15, 0.2) is 5.75 Å². The maximum atomic E-state index is 11.5. The molecule has 0 aromatic heterocycles. The first-order chi connectivity index (χ1) is 10.4. The third-order valence-corrected chi connectivity index (χ3v) is 4.26. The van der Waals surface area contributed by atoms with Crippen molar-refractivity contribution in [2.75, 3.05) is 7.11 Å². The Morgan fingerprint density at radius 2 is 1.86 bits per heavy atom. The minimum atomic E-state index is -0.477. The summed E-state index contributed by atoms with van der Waals surface area (Å²) in [5.41, 5.74) is 1.10. The highest BCUT2D eigenvalue weighted by Crippen LogP contribution is 2.35. The molecule has 0 saturated heterocycles. The largest absolute Gasteiger partial charge is 0.486 e. The zero-order valence-corrected chi connectivity index (χ0v) is 15.2. The first kappa shape index (κ1) is 17.4. The number of esters is 1. The Morgan fingerprint density at radius 1 is 1.14 bits per heavy atom. The van der Waals surface area contributed by atoms with Crippen LogP contribution in [0.2, 0.25) is 15.1 Å². The maximum Gasteiger partial charge on any atom is 0.337 e. The molecule has 0 amide bonds. The predicted molar refractivity (Wildman–Crippen MR) is 91.3 cm³/mol. The van der Waals surface area contributed by atoms with Gasteiger partial charge in [0.05, 0.1) is 22.2 Å². The normalized spacial score (nSPS) is 10.4. The van der Waals surface area contributed by atoms with Crippen LogP contribution in [0.4, 0.5) is 0 Å². The Hall–Kier alpha value is -0.940. The zero-order chi connectivity index (χ0) is 16.3. The lowest BCUT2D eigenvalue weighted by molar-refractivity contribution is 0.0600. The molecule has 2 rings (SSSR count). The van der Waals surface area contributed by atoms with E-state index in [-0.39, 0.29) is 6.61 Å². The van der Waals surface area contributed by atoms with Gasteiger partial charge in [-0.15, -0.1) is 0 Å². The van der Waals surface area contributed by atoms with Crippen molar-refractivity contribution in [2.45, 2.75) is 6.61 Å². The lowest BCUT2D eigenvalue weighted by atomic mass is 10.2. The van der Waals surface area contributed by atoms with Crippen LogP contribution >= 0.6 is 50.7 Å². The molecule has 0 aliphatic carbocycles. The average molecular weight is 425 g/mol. The minimum absolute atomic E-state index is 0.214. The van der Waals surface area contributed by atoms with Gasteiger partial charge >= 0.3 is 5.97 Å². The Morgan fingerprint density at radius 3 is 2.45 bits per heavy atom. The van der Waals surface area contributed by atoms with E-state index in [2.05, 4.69) is 20.7 Å². The molecular formula is C15H10BrCl3O3. The molecule has 116 valence electrons. The van der Waals surface area contributed by atoms with Crippen molar-refractivity contribution in [3.8, 4) is 5.75 Å². The van der Waals surface area contributed by atoms with Crippen LogP contribution in [0.1, 0.15) is 15.9 Å². The van der Waals surface area contributed by atoms with Gasteiger partial charge in [-0.05, 0) is 40.2 Å². The van der Waals surface area contributed by atoms with E-state index in [4.69, 9.17) is 39.5 Å². The lowest BCUT2D eigenvalue weighted by Gasteiger charge is -2.12. The van der Waals surface area contributed by atoms with Gasteiger partial charge in [-0.2, -0.15) is 0 Å². The van der Waals surface area contributed by atoms with E-state index in [1.165, 1.54) is 13.2 Å². The first-order valence-corrected chi connectivity index (χ1v) is 7.99. The Bertz CT molecular complexity index is 696. The highest BCUT2D eigenvalue weighted by Gasteiger charge is 2.14. The molecule has 0 heterocycles. The summed E-state index contributed by atoms with van der Waals surface area (Å²) in [4.78, 5) is 11.5. The quantitative estimate of drug-likeness (QED) is 0.584. The molecule has 0 bridgehead atoms. The SMILES string of the molecule is COC(=O)c1cc(Cl)c(OCc2ccc(Cl)cc2Cl)c(Br)c1. The smallest absolute Gasteiger partial charge is 0.337 e. The molecule has 0 unspecified atom stereocenters. The number of benzene rings is 2. The van der Waals surface area contributed by atoms with Crippen LogP contribution in [0.15, 0.2) is 34.8 Å². The molecule has 0 atom stereocenters. The molecule has 0 fully saturated rings. The van der Waals surface area contributed by atoms with Crippen molar-refractivity contribution < 1.29 is 14.3 Å². The summed E-state index contributed by atoms with van der Waals surface area (Å²) in [5.74, 6) is -0.0600. The molecule has 2 aromatic rings. The molecule has 0 aliphatic rings. The summed E-state index contributed by atoms with van der Waals surface area (Å²) < 4.78 is 10.9. The van der Waals surface area contributed by atoms with Crippen molar-refractivity contribution in [2.24, 2.45) is 0 Å². The van der Waals surface area contributed by atoms with Gasteiger partial charge < -0.3 is 9.47 Å². The number of carbonyl (C=O) groups is 1. The second-order valence-electron chi connectivity index (χ2n) is 4.29. The fourth-order valence-corrected chi connectivity index (χ4v) is 3.15. The van der Waals surface area contributed by atoms with Crippen LogP contribution in [0.25, 0.3) is 0 Å². The van der Waals surface area contributed by atoms with Crippen molar-refractivity contribution in [1.29, 1.82) is 0 Å². The first-order valence-electron chi connectivity index (χ1n) is 6.06. The van der Waals surface area contributed by atoms with Crippen molar-refractivity contribution in [1.82, 2.24) is 0 Å². The van der Waals surface area contributed by atoms with E-state index < -0.39 is 5.97 Å². The molecule has 22 heavy (non-hydrogen) atoms. The van der Waals surface area contributed by atoms with Crippen molar-refractivity contribution in [3.05, 3.63) is 61.0 Å². The second kappa shape index (κ2) is 7.55. The molecule has 7 heteroatoms. The third kappa shape index (κ3) is 4.07. The number of hydrogen-bond acceptors (Lipinski definition) is 3. The zero-order valence-electron chi connectivity index (χ0n) is 11.3. The predicted octanol–water partition coefficient (Wildman–Crippen LogP) is 5.77. The van der Waals surface area contributed by atoms with Gasteiger partial charge in [0.1, 0.15) is 6.61 Å².